The van der Waals surface area contributed by atoms with E-state index in [2.05, 4.69) is 18.3 Å². The first-order valence-electron chi connectivity index (χ1n) is 5.33. The molecule has 0 unspecified atom stereocenters. The van der Waals surface area contributed by atoms with Gasteiger partial charge in [0.05, 0.1) is 18.1 Å². The van der Waals surface area contributed by atoms with Gasteiger partial charge in [-0.05, 0) is 13.8 Å². The van der Waals surface area contributed by atoms with Crippen LogP contribution in [0.4, 0.5) is 0 Å². The molecule has 0 atom stereocenters. The van der Waals surface area contributed by atoms with Crippen LogP contribution in [0.5, 0.6) is 0 Å². The number of aryl methyl sites for hydroxylation is 1. The highest BCUT2D eigenvalue weighted by atomic mass is 32.2. The van der Waals surface area contributed by atoms with Crippen molar-refractivity contribution in [1.29, 1.82) is 0 Å². The van der Waals surface area contributed by atoms with Crippen LogP contribution in [-0.2, 0) is 10.0 Å². The summed E-state index contributed by atoms with van der Waals surface area (Å²) in [5.41, 5.74) is 1.40. The van der Waals surface area contributed by atoms with Gasteiger partial charge in [-0.1, -0.05) is 32.6 Å². The summed E-state index contributed by atoms with van der Waals surface area (Å²) in [4.78, 5) is 0. The van der Waals surface area contributed by atoms with Crippen molar-refractivity contribution < 1.29 is 8.42 Å². The van der Waals surface area contributed by atoms with Crippen LogP contribution in [0.15, 0.2) is 25.4 Å². The van der Waals surface area contributed by atoms with Crippen LogP contribution in [0.3, 0.4) is 0 Å². The van der Waals surface area contributed by atoms with Gasteiger partial charge in [0, 0.05) is 5.56 Å². The largest absolute Gasteiger partial charge is 0.250 e. The van der Waals surface area contributed by atoms with Crippen molar-refractivity contribution in [2.45, 2.75) is 27.7 Å². The van der Waals surface area contributed by atoms with Crippen LogP contribution >= 0.6 is 0 Å². The lowest BCUT2D eigenvalue weighted by Crippen LogP contribution is -2.10. The van der Waals surface area contributed by atoms with E-state index in [1.165, 1.54) is 6.20 Å². The van der Waals surface area contributed by atoms with E-state index in [9.17, 15) is 8.42 Å². The highest BCUT2D eigenvalue weighted by molar-refractivity contribution is 7.89. The third-order valence-electron chi connectivity index (χ3n) is 1.48. The maximum atomic E-state index is 11.0. The second-order valence-corrected chi connectivity index (χ2v) is 4.76. The summed E-state index contributed by atoms with van der Waals surface area (Å²) in [6, 6.07) is 0. The predicted octanol–water partition coefficient (Wildman–Crippen LogP) is 2.86. The van der Waals surface area contributed by atoms with Crippen molar-refractivity contribution in [2.75, 3.05) is 6.26 Å². The minimum absolute atomic E-state index is 0.662. The first-order chi connectivity index (χ1) is 7.86. The van der Waals surface area contributed by atoms with Crippen LogP contribution in [0, 0.1) is 6.92 Å². The Hall–Kier alpha value is -1.36. The molecular formula is C12H22N2O2S. The molecule has 0 radical (unpaired) electrons. The van der Waals surface area contributed by atoms with E-state index in [4.69, 9.17) is 0 Å². The fourth-order valence-electron chi connectivity index (χ4n) is 0.817. The summed E-state index contributed by atoms with van der Waals surface area (Å²) < 4.78 is 22.9. The van der Waals surface area contributed by atoms with Gasteiger partial charge in [0.2, 0.25) is 0 Å². The molecule has 1 aromatic heterocycles. The van der Waals surface area contributed by atoms with E-state index in [0.29, 0.717) is 5.69 Å². The molecule has 0 aliphatic rings. The van der Waals surface area contributed by atoms with E-state index in [1.807, 2.05) is 20.8 Å². The third kappa shape index (κ3) is 6.73. The first kappa shape index (κ1) is 18.0. The molecule has 0 fully saturated rings. The molecule has 1 aromatic rings. The molecule has 1 rings (SSSR count). The third-order valence-corrected chi connectivity index (χ3v) is 2.34. The molecule has 4 nitrogen and oxygen atoms in total. The molecular weight excluding hydrogens is 236 g/mol. The Kier molecular flexibility index (Phi) is 9.28. The fraction of sp³-hybridized carbons (Fsp3) is 0.417. The predicted molar refractivity (Wildman–Crippen MR) is 74.5 cm³/mol. The summed E-state index contributed by atoms with van der Waals surface area (Å²) in [7, 11) is -3.26. The van der Waals surface area contributed by atoms with E-state index < -0.39 is 10.0 Å². The number of aromatic nitrogens is 2. The van der Waals surface area contributed by atoms with Crippen molar-refractivity contribution in [3.63, 3.8) is 0 Å². The van der Waals surface area contributed by atoms with Crippen LogP contribution < -0.4 is 0 Å². The fourth-order valence-corrected chi connectivity index (χ4v) is 1.39. The molecule has 0 saturated heterocycles. The number of rotatable bonds is 2. The van der Waals surface area contributed by atoms with Crippen LogP contribution in [0.25, 0.3) is 6.08 Å². The molecule has 0 aliphatic carbocycles. The topological polar surface area (TPSA) is 52.0 Å². The Bertz CT molecular complexity index is 445. The maximum absolute atomic E-state index is 11.0. The second-order valence-electron chi connectivity index (χ2n) is 2.92. The Morgan fingerprint density at radius 1 is 1.35 bits per heavy atom. The van der Waals surface area contributed by atoms with Gasteiger partial charge in [0.1, 0.15) is 0 Å². The lowest BCUT2D eigenvalue weighted by atomic mass is 10.3. The standard InChI is InChI=1S/C7H10N2O2S.C3H6.C2H6/c1-4-7-5-9(8-6(7)2)12(3,10)11;1-3-2;1-2/h4-5H,1H2,2-3H3;3H,1H2,2H3;1-2H3. The average Bonchev–Trinajstić information content (AvgIpc) is 2.63. The van der Waals surface area contributed by atoms with Crippen molar-refractivity contribution in [1.82, 2.24) is 9.19 Å². The molecule has 1 heterocycles. The molecule has 0 amide bonds. The normalized spacial score (nSPS) is 9.24. The number of nitrogens with zero attached hydrogens (tertiary/aromatic N) is 2. The smallest absolute Gasteiger partial charge is 0.205 e. The summed E-state index contributed by atoms with van der Waals surface area (Å²) in [6.45, 7) is 14.5. The Balaban J connectivity index is 0. The van der Waals surface area contributed by atoms with Gasteiger partial charge in [0.15, 0.2) is 0 Å². The summed E-state index contributed by atoms with van der Waals surface area (Å²) in [5.74, 6) is 0. The average molecular weight is 258 g/mol. The SMILES string of the molecule is C=CC.C=Cc1cn(S(C)(=O)=O)nc1C.CC. The van der Waals surface area contributed by atoms with Crippen molar-refractivity contribution in [2.24, 2.45) is 0 Å². The van der Waals surface area contributed by atoms with Gasteiger partial charge >= 0.3 is 0 Å². The maximum Gasteiger partial charge on any atom is 0.250 e. The lowest BCUT2D eigenvalue weighted by molar-refractivity contribution is 0.586. The van der Waals surface area contributed by atoms with E-state index in [-0.39, 0.29) is 0 Å². The van der Waals surface area contributed by atoms with Gasteiger partial charge < -0.3 is 0 Å². The van der Waals surface area contributed by atoms with Gasteiger partial charge in [-0.2, -0.15) is 9.19 Å². The molecule has 0 aliphatic heterocycles. The summed E-state index contributed by atoms with van der Waals surface area (Å²) in [6.07, 6.45) is 5.87. The second kappa shape index (κ2) is 8.75. The van der Waals surface area contributed by atoms with Gasteiger partial charge in [-0.25, -0.2) is 8.42 Å². The minimum Gasteiger partial charge on any atom is -0.205 e. The Morgan fingerprint density at radius 3 is 1.94 bits per heavy atom. The monoisotopic (exact) mass is 258 g/mol. The number of allylic oxidation sites excluding steroid dienone is 1. The minimum atomic E-state index is -3.26. The van der Waals surface area contributed by atoms with Gasteiger partial charge in [0.25, 0.3) is 10.0 Å². The molecule has 17 heavy (non-hydrogen) atoms. The quantitative estimate of drug-likeness (QED) is 0.766. The van der Waals surface area contributed by atoms with E-state index in [0.717, 1.165) is 15.9 Å². The number of hydrogen-bond acceptors (Lipinski definition) is 3. The van der Waals surface area contributed by atoms with Crippen molar-refractivity contribution in [3.05, 3.63) is 36.7 Å². The molecule has 0 N–H and O–H groups in total. The van der Waals surface area contributed by atoms with Crippen LogP contribution in [0.1, 0.15) is 32.0 Å². The highest BCUT2D eigenvalue weighted by Gasteiger charge is 2.08. The Morgan fingerprint density at radius 2 is 1.76 bits per heavy atom. The zero-order valence-corrected chi connectivity index (χ0v) is 12.1. The summed E-state index contributed by atoms with van der Waals surface area (Å²) >= 11 is 0. The van der Waals surface area contributed by atoms with E-state index in [1.54, 1.807) is 19.1 Å². The lowest BCUT2D eigenvalue weighted by Gasteiger charge is -1.93. The molecule has 5 heteroatoms. The van der Waals surface area contributed by atoms with Gasteiger partial charge in [-0.3, -0.25) is 0 Å². The Labute approximate surface area is 105 Å². The highest BCUT2D eigenvalue weighted by Crippen LogP contribution is 2.07. The van der Waals surface area contributed by atoms with E-state index >= 15 is 0 Å². The van der Waals surface area contributed by atoms with Crippen LogP contribution in [0.2, 0.25) is 0 Å². The van der Waals surface area contributed by atoms with Crippen LogP contribution in [-0.4, -0.2) is 23.9 Å². The summed E-state index contributed by atoms with van der Waals surface area (Å²) in [5, 5.41) is 3.81. The molecule has 98 valence electrons. The van der Waals surface area contributed by atoms with Crippen molar-refractivity contribution in [3.8, 4) is 0 Å². The van der Waals surface area contributed by atoms with Gasteiger partial charge in [-0.15, -0.1) is 6.58 Å². The number of hydrogen-bond donors (Lipinski definition) is 0. The zero-order valence-electron chi connectivity index (χ0n) is 11.3. The molecule has 0 bridgehead atoms. The van der Waals surface area contributed by atoms with Crippen molar-refractivity contribution >= 4 is 16.1 Å². The molecule has 0 aromatic carbocycles. The first-order valence-corrected chi connectivity index (χ1v) is 7.18. The molecule has 0 spiro atoms. The zero-order chi connectivity index (χ0) is 14.1. The molecule has 0 saturated carbocycles.